The van der Waals surface area contributed by atoms with Crippen LogP contribution < -0.4 is 5.01 Å². The fraction of sp³-hybridized carbons (Fsp3) is 0.240. The lowest BCUT2D eigenvalue weighted by molar-refractivity contribution is 0.563. The van der Waals surface area contributed by atoms with E-state index in [1.54, 1.807) is 0 Å². The van der Waals surface area contributed by atoms with Gasteiger partial charge in [-0.1, -0.05) is 78.9 Å². The molecule has 0 aromatic heterocycles. The smallest absolute Gasteiger partial charge is 0.0666 e. The van der Waals surface area contributed by atoms with Crippen molar-refractivity contribution in [3.63, 3.8) is 0 Å². The van der Waals surface area contributed by atoms with E-state index in [1.807, 2.05) is 0 Å². The highest BCUT2D eigenvalue weighted by atomic mass is 15.5. The van der Waals surface area contributed by atoms with Gasteiger partial charge in [-0.15, -0.1) is 0 Å². The molecule has 0 unspecified atom stereocenters. The van der Waals surface area contributed by atoms with Gasteiger partial charge in [0.25, 0.3) is 0 Å². The van der Waals surface area contributed by atoms with Crippen LogP contribution >= 0.6 is 0 Å². The predicted molar refractivity (Wildman–Crippen MR) is 114 cm³/mol. The molecule has 0 spiro atoms. The lowest BCUT2D eigenvalue weighted by Crippen LogP contribution is -2.21. The van der Waals surface area contributed by atoms with Gasteiger partial charge in [-0.05, 0) is 54.9 Å². The van der Waals surface area contributed by atoms with Crippen molar-refractivity contribution in [2.24, 2.45) is 5.10 Å². The number of para-hydroxylation sites is 1. The number of hydrogen-bond donors (Lipinski definition) is 0. The minimum atomic E-state index is 0.671. The Bertz CT molecular complexity index is 847. The van der Waals surface area contributed by atoms with Crippen molar-refractivity contribution in [2.75, 3.05) is 5.01 Å². The van der Waals surface area contributed by atoms with Crippen molar-refractivity contribution in [3.05, 3.63) is 102 Å². The fourth-order valence-electron chi connectivity index (χ4n) is 3.82. The van der Waals surface area contributed by atoms with E-state index in [2.05, 4.69) is 96.0 Å². The van der Waals surface area contributed by atoms with Gasteiger partial charge in [0.2, 0.25) is 0 Å². The maximum absolute atomic E-state index is 5.08. The second kappa shape index (κ2) is 8.68. The third-order valence-electron chi connectivity index (χ3n) is 5.33. The summed E-state index contributed by atoms with van der Waals surface area (Å²) in [5.41, 5.74) is 5.23. The van der Waals surface area contributed by atoms with Crippen LogP contribution in [0, 0.1) is 0 Å². The second-order valence-corrected chi connectivity index (χ2v) is 7.23. The molecule has 1 aliphatic rings. The summed E-state index contributed by atoms with van der Waals surface area (Å²) in [6, 6.07) is 32.0. The Morgan fingerprint density at radius 2 is 1.26 bits per heavy atom. The Labute approximate surface area is 162 Å². The highest BCUT2D eigenvalue weighted by molar-refractivity contribution is 5.86. The maximum Gasteiger partial charge on any atom is 0.0666 e. The first-order valence-electron chi connectivity index (χ1n) is 9.86. The summed E-state index contributed by atoms with van der Waals surface area (Å²) < 4.78 is 0. The fourth-order valence-corrected chi connectivity index (χ4v) is 3.82. The monoisotopic (exact) mass is 354 g/mol. The molecule has 3 aromatic carbocycles. The molecule has 2 heteroatoms. The van der Waals surface area contributed by atoms with E-state index in [0.29, 0.717) is 5.92 Å². The third-order valence-corrected chi connectivity index (χ3v) is 5.33. The van der Waals surface area contributed by atoms with Crippen molar-refractivity contribution in [1.82, 2.24) is 0 Å². The van der Waals surface area contributed by atoms with Crippen LogP contribution in [0.1, 0.15) is 42.7 Å². The molecule has 0 heterocycles. The highest BCUT2D eigenvalue weighted by Gasteiger charge is 2.20. The largest absolute Gasteiger partial charge is 0.261 e. The van der Waals surface area contributed by atoms with E-state index in [4.69, 9.17) is 5.10 Å². The lowest BCUT2D eigenvalue weighted by Gasteiger charge is -2.26. The molecule has 1 fully saturated rings. The van der Waals surface area contributed by atoms with Gasteiger partial charge >= 0.3 is 0 Å². The molecule has 2 nitrogen and oxygen atoms in total. The Morgan fingerprint density at radius 3 is 1.89 bits per heavy atom. The van der Waals surface area contributed by atoms with Crippen LogP contribution in [0.4, 0.5) is 5.69 Å². The number of hydrazone groups is 1. The first kappa shape index (κ1) is 17.5. The molecular formula is C25H26N2. The number of hydrogen-bond acceptors (Lipinski definition) is 2. The number of rotatable bonds is 5. The molecule has 136 valence electrons. The normalized spacial score (nSPS) is 16.7. The Morgan fingerprint density at radius 1 is 0.704 bits per heavy atom. The minimum absolute atomic E-state index is 0.671. The molecule has 1 aliphatic carbocycles. The summed E-state index contributed by atoms with van der Waals surface area (Å²) in [5, 5.41) is 7.24. The molecular weight excluding hydrogens is 328 g/mol. The van der Waals surface area contributed by atoms with Gasteiger partial charge < -0.3 is 0 Å². The van der Waals surface area contributed by atoms with E-state index in [0.717, 1.165) is 25.1 Å². The molecule has 0 N–H and O–H groups in total. The molecule has 0 bridgehead atoms. The van der Waals surface area contributed by atoms with Crippen LogP contribution in [0.15, 0.2) is 96.1 Å². The number of benzene rings is 3. The van der Waals surface area contributed by atoms with Gasteiger partial charge in [0, 0.05) is 5.71 Å². The topological polar surface area (TPSA) is 15.6 Å². The standard InChI is InChI=1S/C25H26N2/c1-4-10-21(11-5-1)20-27(25-14-8-3-9-15-25)26-24-18-16-23(17-19-24)22-12-6-2-7-13-22/h1-15,23H,16-20H2. The van der Waals surface area contributed by atoms with Gasteiger partial charge in [0.15, 0.2) is 0 Å². The number of nitrogens with zero attached hydrogens (tertiary/aromatic N) is 2. The van der Waals surface area contributed by atoms with Gasteiger partial charge in [-0.3, -0.25) is 5.01 Å². The molecule has 3 aromatic rings. The Balaban J connectivity index is 1.49. The van der Waals surface area contributed by atoms with Crippen molar-refractivity contribution in [3.8, 4) is 0 Å². The molecule has 0 radical (unpaired) electrons. The van der Waals surface area contributed by atoms with E-state index in [9.17, 15) is 0 Å². The van der Waals surface area contributed by atoms with E-state index < -0.39 is 0 Å². The highest BCUT2D eigenvalue weighted by Crippen LogP contribution is 2.32. The third kappa shape index (κ3) is 4.65. The van der Waals surface area contributed by atoms with Gasteiger partial charge in [0.05, 0.1) is 12.2 Å². The summed E-state index contributed by atoms with van der Waals surface area (Å²) in [7, 11) is 0. The van der Waals surface area contributed by atoms with Crippen molar-refractivity contribution in [2.45, 2.75) is 38.1 Å². The molecule has 1 saturated carbocycles. The Kier molecular flexibility index (Phi) is 5.64. The van der Waals surface area contributed by atoms with Crippen LogP contribution in [0.25, 0.3) is 0 Å². The number of anilines is 1. The zero-order valence-electron chi connectivity index (χ0n) is 15.7. The molecule has 0 atom stereocenters. The van der Waals surface area contributed by atoms with Crippen molar-refractivity contribution >= 4 is 11.4 Å². The van der Waals surface area contributed by atoms with Crippen LogP contribution in [-0.2, 0) is 6.54 Å². The summed E-state index contributed by atoms with van der Waals surface area (Å²) in [4.78, 5) is 0. The second-order valence-electron chi connectivity index (χ2n) is 7.23. The van der Waals surface area contributed by atoms with Gasteiger partial charge in [-0.2, -0.15) is 5.10 Å². The Hall–Kier alpha value is -2.87. The summed E-state index contributed by atoms with van der Waals surface area (Å²) in [6.07, 6.45) is 4.54. The first-order valence-corrected chi connectivity index (χ1v) is 9.86. The quantitative estimate of drug-likeness (QED) is 0.484. The van der Waals surface area contributed by atoms with Crippen LogP contribution in [-0.4, -0.2) is 5.71 Å². The van der Waals surface area contributed by atoms with Crippen molar-refractivity contribution in [1.29, 1.82) is 0 Å². The van der Waals surface area contributed by atoms with Crippen LogP contribution in [0.5, 0.6) is 0 Å². The first-order chi connectivity index (χ1) is 13.4. The van der Waals surface area contributed by atoms with Gasteiger partial charge in [0.1, 0.15) is 0 Å². The molecule has 0 aliphatic heterocycles. The molecule has 0 amide bonds. The SMILES string of the molecule is c1ccc(CN(N=C2CCC(c3ccccc3)CC2)c2ccccc2)cc1. The van der Waals surface area contributed by atoms with Crippen molar-refractivity contribution < 1.29 is 0 Å². The maximum atomic E-state index is 5.08. The summed E-state index contributed by atoms with van der Waals surface area (Å²) in [6.45, 7) is 0.802. The predicted octanol–water partition coefficient (Wildman–Crippen LogP) is 6.41. The average Bonchev–Trinajstić information content (AvgIpc) is 2.76. The van der Waals surface area contributed by atoms with Crippen LogP contribution in [0.2, 0.25) is 0 Å². The average molecular weight is 354 g/mol. The molecule has 0 saturated heterocycles. The van der Waals surface area contributed by atoms with Gasteiger partial charge in [-0.25, -0.2) is 0 Å². The zero-order chi connectivity index (χ0) is 18.3. The molecule has 4 rings (SSSR count). The van der Waals surface area contributed by atoms with E-state index >= 15 is 0 Å². The zero-order valence-corrected chi connectivity index (χ0v) is 15.7. The summed E-state index contributed by atoms with van der Waals surface area (Å²) in [5.74, 6) is 0.671. The minimum Gasteiger partial charge on any atom is -0.261 e. The summed E-state index contributed by atoms with van der Waals surface area (Å²) >= 11 is 0. The molecule has 27 heavy (non-hydrogen) atoms. The van der Waals surface area contributed by atoms with Crippen LogP contribution in [0.3, 0.4) is 0 Å². The van der Waals surface area contributed by atoms with E-state index in [-0.39, 0.29) is 0 Å². The lowest BCUT2D eigenvalue weighted by atomic mass is 9.83. The van der Waals surface area contributed by atoms with E-state index in [1.165, 1.54) is 29.7 Å².